The third kappa shape index (κ3) is 1.90. The highest BCUT2D eigenvalue weighted by molar-refractivity contribution is 5.21. The van der Waals surface area contributed by atoms with Gasteiger partial charge in [0.2, 0.25) is 5.79 Å². The zero-order chi connectivity index (χ0) is 17.9. The Bertz CT molecular complexity index is 623. The maximum atomic E-state index is 6.37. The van der Waals surface area contributed by atoms with E-state index in [9.17, 15) is 0 Å². The standard InChI is InChI=1S/C22H34O4/c1-12(23-4)25-22-19(26-22)10-16-14-6-5-13-9-17-18(24-17)11-20(13,2)15(14)7-8-21(16,22)3/h12-19H,5-11H2,1-4H3/t12?,13-,14+,15?,16-,17-,18+,19+,20-,21-,22+/m0/s1. The summed E-state index contributed by atoms with van der Waals surface area (Å²) in [5.41, 5.74) is 0.658. The first-order chi connectivity index (χ1) is 12.4. The van der Waals surface area contributed by atoms with Crippen molar-refractivity contribution in [3.63, 3.8) is 0 Å². The Kier molecular flexibility index (Phi) is 3.26. The average Bonchev–Trinajstić information content (AvgIpc) is 3.49. The summed E-state index contributed by atoms with van der Waals surface area (Å²) < 4.78 is 23.9. The summed E-state index contributed by atoms with van der Waals surface area (Å²) >= 11 is 0. The number of methoxy groups -OCH3 is 1. The summed E-state index contributed by atoms with van der Waals surface area (Å²) in [5, 5.41) is 0. The van der Waals surface area contributed by atoms with Crippen LogP contribution in [0.4, 0.5) is 0 Å². The minimum absolute atomic E-state index is 0.155. The zero-order valence-electron chi connectivity index (χ0n) is 16.7. The maximum Gasteiger partial charge on any atom is 0.203 e. The lowest BCUT2D eigenvalue weighted by atomic mass is 9.45. The fourth-order valence-corrected chi connectivity index (χ4v) is 8.35. The van der Waals surface area contributed by atoms with Crippen LogP contribution in [0.5, 0.6) is 0 Å². The molecule has 0 spiro atoms. The van der Waals surface area contributed by atoms with E-state index >= 15 is 0 Å². The molecular formula is C22H34O4. The van der Waals surface area contributed by atoms with Gasteiger partial charge in [-0.3, -0.25) is 0 Å². The molecule has 4 aliphatic carbocycles. The molecule has 11 atom stereocenters. The molecule has 2 heterocycles. The molecule has 0 amide bonds. The van der Waals surface area contributed by atoms with Crippen molar-refractivity contribution in [1.29, 1.82) is 0 Å². The molecule has 6 rings (SSSR count). The number of hydrogen-bond acceptors (Lipinski definition) is 4. The van der Waals surface area contributed by atoms with Gasteiger partial charge in [-0.25, -0.2) is 0 Å². The average molecular weight is 363 g/mol. The van der Waals surface area contributed by atoms with Gasteiger partial charge in [0.1, 0.15) is 6.10 Å². The summed E-state index contributed by atoms with van der Waals surface area (Å²) in [6.07, 6.45) is 10.5. The second-order valence-corrected chi connectivity index (χ2v) is 10.7. The van der Waals surface area contributed by atoms with Gasteiger partial charge in [0, 0.05) is 12.5 Å². The maximum absolute atomic E-state index is 6.37. The lowest BCUT2D eigenvalue weighted by Gasteiger charge is -2.60. The van der Waals surface area contributed by atoms with Crippen LogP contribution in [0, 0.1) is 34.5 Å². The second-order valence-electron chi connectivity index (χ2n) is 10.7. The lowest BCUT2D eigenvalue weighted by molar-refractivity contribution is -0.250. The Morgan fingerprint density at radius 1 is 1.04 bits per heavy atom. The molecular weight excluding hydrogens is 328 g/mol. The van der Waals surface area contributed by atoms with Crippen molar-refractivity contribution in [2.24, 2.45) is 34.5 Å². The molecule has 0 aromatic rings. The van der Waals surface area contributed by atoms with Crippen molar-refractivity contribution in [3.05, 3.63) is 0 Å². The molecule has 0 bridgehead atoms. The van der Waals surface area contributed by atoms with Crippen LogP contribution < -0.4 is 0 Å². The van der Waals surface area contributed by atoms with Crippen molar-refractivity contribution < 1.29 is 18.9 Å². The SMILES string of the molecule is COC(C)O[C@@]12O[C@@H]1C[C@H]1[C@@H]3CC[C@H]4C[C@@H]5O[C@@H]5C[C@]4(C)C3CC[C@@]12C. The summed E-state index contributed by atoms with van der Waals surface area (Å²) in [6, 6.07) is 0. The third-order valence-electron chi connectivity index (χ3n) is 9.92. The van der Waals surface area contributed by atoms with E-state index in [0.29, 0.717) is 23.7 Å². The highest BCUT2D eigenvalue weighted by Crippen LogP contribution is 2.74. The Labute approximate surface area is 157 Å². The van der Waals surface area contributed by atoms with Crippen molar-refractivity contribution in [1.82, 2.24) is 0 Å². The van der Waals surface area contributed by atoms with Crippen molar-refractivity contribution in [3.8, 4) is 0 Å². The van der Waals surface area contributed by atoms with Gasteiger partial charge in [-0.05, 0) is 81.0 Å². The molecule has 2 unspecified atom stereocenters. The van der Waals surface area contributed by atoms with Crippen LogP contribution in [0.15, 0.2) is 0 Å². The lowest BCUT2D eigenvalue weighted by Crippen LogP contribution is -2.56. The Morgan fingerprint density at radius 3 is 2.69 bits per heavy atom. The third-order valence-corrected chi connectivity index (χ3v) is 9.92. The molecule has 6 fully saturated rings. The Hall–Kier alpha value is -0.160. The predicted octanol–water partition coefficient (Wildman–Crippen LogP) is 4.12. The summed E-state index contributed by atoms with van der Waals surface area (Å²) in [6.45, 7) is 7.06. The van der Waals surface area contributed by atoms with Gasteiger partial charge in [-0.15, -0.1) is 0 Å². The van der Waals surface area contributed by atoms with Crippen molar-refractivity contribution >= 4 is 0 Å². The quantitative estimate of drug-likeness (QED) is 0.559. The van der Waals surface area contributed by atoms with Crippen LogP contribution in [0.1, 0.15) is 65.7 Å². The van der Waals surface area contributed by atoms with Crippen molar-refractivity contribution in [2.45, 2.75) is 96.1 Å². The largest absolute Gasteiger partial charge is 0.370 e. The Morgan fingerprint density at radius 2 is 1.88 bits per heavy atom. The normalized spacial score (nSPS) is 63.0. The first kappa shape index (κ1) is 16.8. The number of hydrogen-bond donors (Lipinski definition) is 0. The van der Waals surface area contributed by atoms with E-state index < -0.39 is 0 Å². The molecule has 26 heavy (non-hydrogen) atoms. The van der Waals surface area contributed by atoms with Gasteiger partial charge in [0.25, 0.3) is 0 Å². The number of rotatable bonds is 3. The first-order valence-corrected chi connectivity index (χ1v) is 11.0. The highest BCUT2D eigenvalue weighted by Gasteiger charge is 2.79. The smallest absolute Gasteiger partial charge is 0.203 e. The summed E-state index contributed by atoms with van der Waals surface area (Å²) in [5.74, 6) is 2.99. The molecule has 0 aromatic carbocycles. The van der Waals surface area contributed by atoms with Crippen LogP contribution >= 0.6 is 0 Å². The summed E-state index contributed by atoms with van der Waals surface area (Å²) in [7, 11) is 1.72. The fourth-order valence-electron chi connectivity index (χ4n) is 8.35. The second kappa shape index (κ2) is 5.06. The van der Waals surface area contributed by atoms with E-state index in [0.717, 1.165) is 23.7 Å². The van der Waals surface area contributed by atoms with Gasteiger partial charge in [0.15, 0.2) is 6.29 Å². The fraction of sp³-hybridized carbons (Fsp3) is 1.00. The molecule has 6 aliphatic rings. The molecule has 4 heteroatoms. The Balaban J connectivity index is 1.29. The van der Waals surface area contributed by atoms with Crippen LogP contribution in [-0.4, -0.2) is 37.5 Å². The first-order valence-electron chi connectivity index (χ1n) is 11.0. The van der Waals surface area contributed by atoms with E-state index in [4.69, 9.17) is 18.9 Å². The molecule has 2 aliphatic heterocycles. The van der Waals surface area contributed by atoms with Gasteiger partial charge in [-0.2, -0.15) is 0 Å². The zero-order valence-corrected chi connectivity index (χ0v) is 16.7. The van der Waals surface area contributed by atoms with E-state index in [1.54, 1.807) is 7.11 Å². The minimum Gasteiger partial charge on any atom is -0.370 e. The number of fused-ring (bicyclic) bond motifs is 8. The van der Waals surface area contributed by atoms with Crippen LogP contribution in [0.25, 0.3) is 0 Å². The van der Waals surface area contributed by atoms with E-state index in [1.165, 1.54) is 44.9 Å². The highest BCUT2D eigenvalue weighted by atomic mass is 16.8. The molecule has 0 N–H and O–H groups in total. The van der Waals surface area contributed by atoms with E-state index in [1.807, 2.05) is 6.92 Å². The van der Waals surface area contributed by atoms with Crippen LogP contribution in [0.2, 0.25) is 0 Å². The van der Waals surface area contributed by atoms with Gasteiger partial charge in [0.05, 0.1) is 12.2 Å². The predicted molar refractivity (Wildman–Crippen MR) is 96.3 cm³/mol. The number of ether oxygens (including phenoxy) is 4. The van der Waals surface area contributed by atoms with Crippen molar-refractivity contribution in [2.75, 3.05) is 7.11 Å². The minimum atomic E-state index is -0.368. The van der Waals surface area contributed by atoms with Crippen LogP contribution in [0.3, 0.4) is 0 Å². The molecule has 0 radical (unpaired) electrons. The number of epoxide rings is 2. The van der Waals surface area contributed by atoms with Gasteiger partial charge >= 0.3 is 0 Å². The summed E-state index contributed by atoms with van der Waals surface area (Å²) in [4.78, 5) is 0. The van der Waals surface area contributed by atoms with Crippen LogP contribution in [-0.2, 0) is 18.9 Å². The molecule has 4 saturated carbocycles. The monoisotopic (exact) mass is 362 g/mol. The molecule has 4 nitrogen and oxygen atoms in total. The molecule has 0 aromatic heterocycles. The molecule has 146 valence electrons. The van der Waals surface area contributed by atoms with Gasteiger partial charge < -0.3 is 18.9 Å². The molecule has 2 saturated heterocycles. The topological polar surface area (TPSA) is 43.5 Å². The van der Waals surface area contributed by atoms with E-state index in [-0.39, 0.29) is 17.5 Å². The van der Waals surface area contributed by atoms with E-state index in [2.05, 4.69) is 13.8 Å². The van der Waals surface area contributed by atoms with Gasteiger partial charge in [-0.1, -0.05) is 13.8 Å².